The van der Waals surface area contributed by atoms with E-state index >= 15 is 0 Å². The molecule has 0 amide bonds. The molecule has 0 radical (unpaired) electrons. The summed E-state index contributed by atoms with van der Waals surface area (Å²) in [7, 11) is 1.72. The molecule has 1 aliphatic rings. The molecule has 7 nitrogen and oxygen atoms in total. The molecule has 1 aromatic heterocycles. The molecule has 0 saturated carbocycles. The Labute approximate surface area is 203 Å². The number of ether oxygens (including phenoxy) is 1. The van der Waals surface area contributed by atoms with Gasteiger partial charge < -0.3 is 24.8 Å². The first-order valence-corrected chi connectivity index (χ1v) is 10.5. The molecule has 1 aliphatic heterocycles. The molecular weight excluding hydrogens is 531 g/mol. The zero-order valence-electron chi connectivity index (χ0n) is 18.0. The first-order valence-electron chi connectivity index (χ1n) is 10.5. The van der Waals surface area contributed by atoms with Crippen molar-refractivity contribution in [3.05, 3.63) is 59.0 Å². The maximum absolute atomic E-state index is 12.7. The Morgan fingerprint density at radius 2 is 2.00 bits per heavy atom. The van der Waals surface area contributed by atoms with Crippen molar-refractivity contribution in [1.82, 2.24) is 15.2 Å². The van der Waals surface area contributed by atoms with E-state index < -0.39 is 6.61 Å². The molecule has 2 heterocycles. The van der Waals surface area contributed by atoms with Crippen LogP contribution in [0.15, 0.2) is 58.4 Å². The summed E-state index contributed by atoms with van der Waals surface area (Å²) in [5.41, 5.74) is 0.686. The first-order chi connectivity index (χ1) is 15.1. The number of benzene rings is 1. The third kappa shape index (κ3) is 7.64. The largest absolute Gasteiger partial charge is 0.433 e. The number of aryl methyl sites for hydroxylation is 1. The van der Waals surface area contributed by atoms with Gasteiger partial charge in [0, 0.05) is 51.5 Å². The molecule has 10 heteroatoms. The summed E-state index contributed by atoms with van der Waals surface area (Å²) in [6.07, 6.45) is 4.44. The van der Waals surface area contributed by atoms with Gasteiger partial charge in [0.2, 0.25) is 5.56 Å². The molecule has 1 atom stereocenters. The van der Waals surface area contributed by atoms with Crippen LogP contribution in [0.4, 0.5) is 14.5 Å². The Bertz CT molecular complexity index is 925. The zero-order valence-corrected chi connectivity index (χ0v) is 20.4. The van der Waals surface area contributed by atoms with E-state index in [1.54, 1.807) is 48.1 Å². The molecule has 1 saturated heterocycles. The van der Waals surface area contributed by atoms with Gasteiger partial charge in [-0.15, -0.1) is 24.0 Å². The fraction of sp³-hybridized carbons (Fsp3) is 0.455. The van der Waals surface area contributed by atoms with E-state index in [0.717, 1.165) is 32.4 Å². The molecule has 0 bridgehead atoms. The molecule has 2 aromatic rings. The number of nitrogens with zero attached hydrogens (tertiary/aromatic N) is 3. The Morgan fingerprint density at radius 1 is 1.22 bits per heavy atom. The summed E-state index contributed by atoms with van der Waals surface area (Å²) in [5, 5.41) is 6.69. The molecule has 0 aliphatic carbocycles. The first kappa shape index (κ1) is 25.9. The highest BCUT2D eigenvalue weighted by atomic mass is 127. The van der Waals surface area contributed by atoms with Crippen molar-refractivity contribution in [2.45, 2.75) is 38.5 Å². The summed E-state index contributed by atoms with van der Waals surface area (Å²) in [6, 6.07) is 12.2. The number of halogens is 3. The Kier molecular flexibility index (Phi) is 10.7. The predicted molar refractivity (Wildman–Crippen MR) is 134 cm³/mol. The van der Waals surface area contributed by atoms with Crippen molar-refractivity contribution >= 4 is 35.6 Å². The smallest absolute Gasteiger partial charge is 0.387 e. The lowest BCUT2D eigenvalue weighted by Gasteiger charge is -2.22. The van der Waals surface area contributed by atoms with E-state index in [1.807, 2.05) is 17.0 Å². The van der Waals surface area contributed by atoms with Crippen molar-refractivity contribution in [2.24, 2.45) is 4.99 Å². The van der Waals surface area contributed by atoms with Crippen molar-refractivity contribution < 1.29 is 13.5 Å². The lowest BCUT2D eigenvalue weighted by Crippen LogP contribution is -2.44. The molecule has 0 spiro atoms. The Balaban J connectivity index is 0.00000363. The second-order valence-electron chi connectivity index (χ2n) is 7.36. The minimum atomic E-state index is -2.85. The van der Waals surface area contributed by atoms with Crippen LogP contribution in [0.3, 0.4) is 0 Å². The standard InChI is InChI=1S/C22H29F2N5O2.HI/c1-25-22(26-12-5-7-14-28-13-6-4-10-20(28)30)27-17-11-15-29(16-17)18-8-2-3-9-19(18)31-21(23)24;/h2-4,6,8-10,13,17,21H,5,7,11-12,14-16H2,1H3,(H2,25,26,27);1H. The fourth-order valence-corrected chi connectivity index (χ4v) is 3.66. The minimum Gasteiger partial charge on any atom is -0.433 e. The van der Waals surface area contributed by atoms with Gasteiger partial charge in [-0.05, 0) is 37.5 Å². The van der Waals surface area contributed by atoms with Gasteiger partial charge in [0.1, 0.15) is 5.75 Å². The summed E-state index contributed by atoms with van der Waals surface area (Å²) in [6.45, 7) is -0.0136. The highest BCUT2D eigenvalue weighted by molar-refractivity contribution is 14.0. The topological polar surface area (TPSA) is 70.9 Å². The van der Waals surface area contributed by atoms with Crippen molar-refractivity contribution in [1.29, 1.82) is 0 Å². The van der Waals surface area contributed by atoms with E-state index in [2.05, 4.69) is 20.4 Å². The van der Waals surface area contributed by atoms with E-state index in [0.29, 0.717) is 24.7 Å². The second-order valence-corrected chi connectivity index (χ2v) is 7.36. The lowest BCUT2D eigenvalue weighted by atomic mass is 10.2. The van der Waals surface area contributed by atoms with Crippen molar-refractivity contribution in [2.75, 3.05) is 31.6 Å². The van der Waals surface area contributed by atoms with Gasteiger partial charge in [0.15, 0.2) is 5.96 Å². The number of guanidine groups is 1. The highest BCUT2D eigenvalue weighted by Gasteiger charge is 2.25. The quantitative estimate of drug-likeness (QED) is 0.213. The SMILES string of the molecule is CN=C(NCCCCn1ccccc1=O)NC1CCN(c2ccccc2OC(F)F)C1.I. The monoisotopic (exact) mass is 561 g/mol. The van der Waals surface area contributed by atoms with E-state index in [9.17, 15) is 13.6 Å². The summed E-state index contributed by atoms with van der Waals surface area (Å²) in [4.78, 5) is 18.0. The minimum absolute atomic E-state index is 0. The molecule has 1 fully saturated rings. The van der Waals surface area contributed by atoms with Crippen LogP contribution in [0.2, 0.25) is 0 Å². The number of unbranched alkanes of at least 4 members (excludes halogenated alkanes) is 1. The summed E-state index contributed by atoms with van der Waals surface area (Å²) in [5.74, 6) is 0.902. The number of rotatable bonds is 9. The van der Waals surface area contributed by atoms with Gasteiger partial charge in [-0.25, -0.2) is 0 Å². The summed E-state index contributed by atoms with van der Waals surface area (Å²) < 4.78 is 31.7. The molecule has 3 rings (SSSR count). The number of alkyl halides is 2. The lowest BCUT2D eigenvalue weighted by molar-refractivity contribution is -0.0495. The average molecular weight is 561 g/mol. The number of hydrogen-bond acceptors (Lipinski definition) is 4. The van der Waals surface area contributed by atoms with Crippen LogP contribution in [0.25, 0.3) is 0 Å². The predicted octanol–water partition coefficient (Wildman–Crippen LogP) is 3.29. The highest BCUT2D eigenvalue weighted by Crippen LogP contribution is 2.31. The second kappa shape index (κ2) is 13.2. The molecule has 2 N–H and O–H groups in total. The molecule has 176 valence electrons. The van der Waals surface area contributed by atoms with Gasteiger partial charge in [-0.2, -0.15) is 8.78 Å². The van der Waals surface area contributed by atoms with Gasteiger partial charge >= 0.3 is 6.61 Å². The zero-order chi connectivity index (χ0) is 22.1. The van der Waals surface area contributed by atoms with Gasteiger partial charge in [0.05, 0.1) is 5.69 Å². The number of pyridine rings is 1. The van der Waals surface area contributed by atoms with Crippen LogP contribution in [0.5, 0.6) is 5.75 Å². The van der Waals surface area contributed by atoms with Gasteiger partial charge in [-0.1, -0.05) is 18.2 Å². The Hall–Kier alpha value is -2.37. The van der Waals surface area contributed by atoms with Crippen LogP contribution in [0, 0.1) is 0 Å². The summed E-state index contributed by atoms with van der Waals surface area (Å²) >= 11 is 0. The Morgan fingerprint density at radius 3 is 2.75 bits per heavy atom. The van der Waals surface area contributed by atoms with Gasteiger partial charge in [0.25, 0.3) is 0 Å². The third-order valence-corrected chi connectivity index (χ3v) is 5.19. The number of nitrogens with one attached hydrogen (secondary N) is 2. The van der Waals surface area contributed by atoms with Crippen LogP contribution < -0.4 is 25.8 Å². The van der Waals surface area contributed by atoms with Gasteiger partial charge in [-0.3, -0.25) is 9.79 Å². The number of aromatic nitrogens is 1. The van der Waals surface area contributed by atoms with E-state index in [1.165, 1.54) is 0 Å². The third-order valence-electron chi connectivity index (χ3n) is 5.19. The average Bonchev–Trinajstić information content (AvgIpc) is 3.22. The molecule has 1 unspecified atom stereocenters. The van der Waals surface area contributed by atoms with E-state index in [-0.39, 0.29) is 41.3 Å². The number of anilines is 1. The van der Waals surface area contributed by atoms with Crippen LogP contribution in [0.1, 0.15) is 19.3 Å². The number of para-hydroxylation sites is 2. The van der Waals surface area contributed by atoms with Crippen molar-refractivity contribution in [3.8, 4) is 5.75 Å². The normalized spacial score (nSPS) is 16.1. The number of aliphatic imine (C=N–C) groups is 1. The van der Waals surface area contributed by atoms with Crippen LogP contribution >= 0.6 is 24.0 Å². The maximum Gasteiger partial charge on any atom is 0.387 e. The molecular formula is C22H30F2IN5O2. The number of hydrogen-bond donors (Lipinski definition) is 2. The molecule has 32 heavy (non-hydrogen) atoms. The maximum atomic E-state index is 12.7. The van der Waals surface area contributed by atoms with E-state index in [4.69, 9.17) is 0 Å². The fourth-order valence-electron chi connectivity index (χ4n) is 3.66. The van der Waals surface area contributed by atoms with Crippen LogP contribution in [-0.2, 0) is 6.54 Å². The molecule has 1 aromatic carbocycles. The van der Waals surface area contributed by atoms with Crippen LogP contribution in [-0.4, -0.2) is 49.9 Å². The van der Waals surface area contributed by atoms with Crippen molar-refractivity contribution in [3.63, 3.8) is 0 Å².